The molecular weight excluding hydrogens is 257 g/mol. The van der Waals surface area contributed by atoms with Gasteiger partial charge in [0.2, 0.25) is 0 Å². The summed E-state index contributed by atoms with van der Waals surface area (Å²) in [6.07, 6.45) is -0.298. The SMILES string of the molecule is CCCC[Te]C(F)=C(F)F. The molecule has 0 saturated carbocycles. The van der Waals surface area contributed by atoms with Crippen LogP contribution in [0.2, 0.25) is 4.47 Å². The number of unbranched alkanes of at least 4 members (excludes halogenated alkanes) is 1. The van der Waals surface area contributed by atoms with E-state index >= 15 is 0 Å². The van der Waals surface area contributed by atoms with Crippen molar-refractivity contribution >= 4 is 20.9 Å². The van der Waals surface area contributed by atoms with Crippen LogP contribution in [0.5, 0.6) is 0 Å². The molecule has 0 atom stereocenters. The Kier molecular flexibility index (Phi) is 6.25. The van der Waals surface area contributed by atoms with Gasteiger partial charge in [-0.05, 0) is 0 Å². The van der Waals surface area contributed by atoms with Crippen LogP contribution in [0.3, 0.4) is 0 Å². The van der Waals surface area contributed by atoms with Crippen LogP contribution in [0.25, 0.3) is 0 Å². The van der Waals surface area contributed by atoms with E-state index in [1.165, 1.54) is 0 Å². The molecular formula is C6H9F3Te. The Balaban J connectivity index is 3.40. The maximum absolute atomic E-state index is 12.0. The Hall–Kier alpha value is 0.320. The van der Waals surface area contributed by atoms with E-state index < -0.39 is 30.9 Å². The van der Waals surface area contributed by atoms with Crippen molar-refractivity contribution in [1.29, 1.82) is 0 Å². The van der Waals surface area contributed by atoms with Gasteiger partial charge >= 0.3 is 68.3 Å². The van der Waals surface area contributed by atoms with Crippen LogP contribution in [-0.2, 0) is 0 Å². The second-order valence-electron chi connectivity index (χ2n) is 1.74. The molecule has 0 N–H and O–H groups in total. The van der Waals surface area contributed by atoms with Crippen molar-refractivity contribution in [2.75, 3.05) is 0 Å². The normalized spacial score (nSPS) is 9.60. The van der Waals surface area contributed by atoms with Crippen molar-refractivity contribution in [3.8, 4) is 0 Å². The van der Waals surface area contributed by atoms with Crippen LogP contribution in [0.1, 0.15) is 19.8 Å². The number of hydrogen-bond donors (Lipinski definition) is 0. The van der Waals surface area contributed by atoms with Gasteiger partial charge in [0.25, 0.3) is 0 Å². The Bertz CT molecular complexity index is 118. The third-order valence-electron chi connectivity index (χ3n) is 0.875. The first-order chi connectivity index (χ1) is 4.68. The van der Waals surface area contributed by atoms with Crippen molar-refractivity contribution in [2.45, 2.75) is 24.2 Å². The van der Waals surface area contributed by atoms with Gasteiger partial charge in [0.1, 0.15) is 0 Å². The topological polar surface area (TPSA) is 0 Å². The Morgan fingerprint density at radius 3 is 2.30 bits per heavy atom. The summed E-state index contributed by atoms with van der Waals surface area (Å²) in [6, 6.07) is 0. The van der Waals surface area contributed by atoms with Crippen molar-refractivity contribution in [3.63, 3.8) is 0 Å². The quantitative estimate of drug-likeness (QED) is 0.542. The van der Waals surface area contributed by atoms with Crippen molar-refractivity contribution < 1.29 is 13.2 Å². The van der Waals surface area contributed by atoms with Crippen molar-refractivity contribution in [1.82, 2.24) is 0 Å². The second-order valence-corrected chi connectivity index (χ2v) is 4.75. The van der Waals surface area contributed by atoms with Gasteiger partial charge in [-0.3, -0.25) is 0 Å². The predicted octanol–water partition coefficient (Wildman–Crippen LogP) is 2.94. The first kappa shape index (κ1) is 10.3. The molecule has 4 heteroatoms. The molecule has 0 aromatic rings. The van der Waals surface area contributed by atoms with E-state index in [9.17, 15) is 13.2 Å². The van der Waals surface area contributed by atoms with E-state index in [1.54, 1.807) is 0 Å². The molecule has 0 saturated heterocycles. The van der Waals surface area contributed by atoms with Crippen molar-refractivity contribution in [2.24, 2.45) is 0 Å². The average molecular weight is 266 g/mol. The third kappa shape index (κ3) is 5.13. The van der Waals surface area contributed by atoms with Crippen LogP contribution in [0.4, 0.5) is 13.2 Å². The number of halogens is 3. The van der Waals surface area contributed by atoms with E-state index in [2.05, 4.69) is 0 Å². The summed E-state index contributed by atoms with van der Waals surface area (Å²) in [5.41, 5.74) is 0. The van der Waals surface area contributed by atoms with Gasteiger partial charge in [0.15, 0.2) is 0 Å². The van der Waals surface area contributed by atoms with E-state index in [4.69, 9.17) is 0 Å². The molecule has 0 aromatic heterocycles. The zero-order valence-corrected chi connectivity index (χ0v) is 7.99. The monoisotopic (exact) mass is 268 g/mol. The third-order valence-corrected chi connectivity index (χ3v) is 3.45. The summed E-state index contributed by atoms with van der Waals surface area (Å²) in [6.45, 7) is 1.96. The van der Waals surface area contributed by atoms with Crippen LogP contribution < -0.4 is 0 Å². The number of hydrogen-bond acceptors (Lipinski definition) is 0. The molecule has 0 amide bonds. The standard InChI is InChI=1S/C6H9F3Te/c1-2-3-4-10-6(9)5(7)8/h2-4H2,1H3. The average Bonchev–Trinajstić information content (AvgIpc) is 1.88. The minimum atomic E-state index is -2.11. The molecule has 60 valence electrons. The molecule has 0 radical (unpaired) electrons. The van der Waals surface area contributed by atoms with Gasteiger partial charge in [0, 0.05) is 0 Å². The van der Waals surface area contributed by atoms with Gasteiger partial charge < -0.3 is 0 Å². The molecule has 0 rings (SSSR count). The van der Waals surface area contributed by atoms with E-state index in [0.29, 0.717) is 4.47 Å². The van der Waals surface area contributed by atoms with Crippen molar-refractivity contribution in [3.05, 3.63) is 9.96 Å². The molecule has 0 unspecified atom stereocenters. The molecule has 0 aromatic carbocycles. The molecule has 0 aliphatic carbocycles. The molecule has 0 aliphatic rings. The van der Waals surface area contributed by atoms with Gasteiger partial charge in [-0.25, -0.2) is 0 Å². The fourth-order valence-corrected chi connectivity index (χ4v) is 2.42. The fraction of sp³-hybridized carbons (Fsp3) is 0.667. The predicted molar refractivity (Wildman–Crippen MR) is 35.8 cm³/mol. The zero-order valence-electron chi connectivity index (χ0n) is 5.66. The Labute approximate surface area is 68.6 Å². The summed E-state index contributed by atoms with van der Waals surface area (Å²) in [5.74, 6) is 0. The molecule has 0 spiro atoms. The van der Waals surface area contributed by atoms with Gasteiger partial charge in [-0.15, -0.1) is 0 Å². The molecule has 0 aliphatic heterocycles. The molecule has 0 heterocycles. The summed E-state index contributed by atoms with van der Waals surface area (Å²) >= 11 is -1.19. The van der Waals surface area contributed by atoms with Crippen LogP contribution in [0, 0.1) is 0 Å². The molecule has 0 fully saturated rings. The number of rotatable bonds is 4. The summed E-state index contributed by atoms with van der Waals surface area (Å²) < 4.78 is 34.3. The zero-order chi connectivity index (χ0) is 7.98. The molecule has 0 bridgehead atoms. The van der Waals surface area contributed by atoms with Gasteiger partial charge in [0.05, 0.1) is 0 Å². The summed E-state index contributed by atoms with van der Waals surface area (Å²) in [5, 5.41) is 0. The van der Waals surface area contributed by atoms with Gasteiger partial charge in [-0.1, -0.05) is 0 Å². The second kappa shape index (κ2) is 6.06. The maximum atomic E-state index is 12.0. The Morgan fingerprint density at radius 2 is 1.90 bits per heavy atom. The first-order valence-corrected chi connectivity index (χ1v) is 5.83. The first-order valence-electron chi connectivity index (χ1n) is 3.02. The van der Waals surface area contributed by atoms with Crippen LogP contribution in [0.15, 0.2) is 9.96 Å². The minimum absolute atomic E-state index is 0.644. The van der Waals surface area contributed by atoms with Crippen LogP contribution in [-0.4, -0.2) is 20.9 Å². The summed E-state index contributed by atoms with van der Waals surface area (Å²) in [4.78, 5) is 0. The van der Waals surface area contributed by atoms with Crippen LogP contribution >= 0.6 is 0 Å². The molecule has 0 nitrogen and oxygen atoms in total. The van der Waals surface area contributed by atoms with E-state index in [1.807, 2.05) is 6.92 Å². The van der Waals surface area contributed by atoms with Gasteiger partial charge in [-0.2, -0.15) is 0 Å². The van der Waals surface area contributed by atoms with E-state index in [0.717, 1.165) is 12.8 Å². The Morgan fingerprint density at radius 1 is 1.30 bits per heavy atom. The molecule has 10 heavy (non-hydrogen) atoms. The van der Waals surface area contributed by atoms with E-state index in [-0.39, 0.29) is 0 Å². The summed E-state index contributed by atoms with van der Waals surface area (Å²) in [7, 11) is 0. The fourth-order valence-electron chi connectivity index (χ4n) is 0.361.